The Labute approximate surface area is 198 Å². The highest BCUT2D eigenvalue weighted by atomic mass is 32.1. The summed E-state index contributed by atoms with van der Waals surface area (Å²) < 4.78 is 16.7. The molecule has 0 aliphatic heterocycles. The first-order valence-electron chi connectivity index (χ1n) is 11.6. The molecular weight excluding hydrogens is 426 g/mol. The van der Waals surface area contributed by atoms with Crippen LogP contribution >= 0.6 is 12.6 Å². The number of unbranched alkanes of at least 4 members (excludes halogenated alkanes) is 7. The fraction of sp³-hybridized carbons (Fsp3) is 0.600. The maximum atomic E-state index is 12.0. The zero-order valence-electron chi connectivity index (χ0n) is 20.0. The zero-order chi connectivity index (χ0) is 23.8. The molecule has 2 aromatic rings. The van der Waals surface area contributed by atoms with Crippen LogP contribution in [-0.2, 0) is 4.74 Å². The van der Waals surface area contributed by atoms with E-state index in [4.69, 9.17) is 14.2 Å². The highest BCUT2D eigenvalue weighted by Crippen LogP contribution is 2.37. The van der Waals surface area contributed by atoms with Crippen LogP contribution in [0.5, 0.6) is 17.2 Å². The van der Waals surface area contributed by atoms with Gasteiger partial charge in [-0.25, -0.2) is 4.79 Å². The summed E-state index contributed by atoms with van der Waals surface area (Å²) in [6.07, 6.45) is 12.8. The van der Waals surface area contributed by atoms with Crippen molar-refractivity contribution in [2.24, 2.45) is 0 Å². The molecule has 0 saturated heterocycles. The Balaban J connectivity index is 0.00000249. The van der Waals surface area contributed by atoms with Gasteiger partial charge in [0.1, 0.15) is 11.3 Å². The number of rotatable bonds is 14. The SMILES string of the molecule is CCCCCCCCCCOc1cc2c(O)c(C(=O)OCC)cnc2cc1OCC.CS. The molecule has 0 unspecified atom stereocenters. The van der Waals surface area contributed by atoms with Gasteiger partial charge in [-0.15, -0.1) is 0 Å². The number of fused-ring (bicyclic) bond motifs is 1. The molecule has 180 valence electrons. The van der Waals surface area contributed by atoms with Crippen LogP contribution in [0, 0.1) is 0 Å². The number of aromatic hydroxyl groups is 1. The number of hydrogen-bond donors (Lipinski definition) is 2. The smallest absolute Gasteiger partial charge is 0.343 e. The lowest BCUT2D eigenvalue weighted by Gasteiger charge is -2.14. The van der Waals surface area contributed by atoms with Crippen LogP contribution in [-0.4, -0.2) is 42.1 Å². The lowest BCUT2D eigenvalue weighted by atomic mass is 10.1. The lowest BCUT2D eigenvalue weighted by Crippen LogP contribution is -2.06. The van der Waals surface area contributed by atoms with Crippen molar-refractivity contribution in [1.29, 1.82) is 0 Å². The van der Waals surface area contributed by atoms with Gasteiger partial charge in [0.25, 0.3) is 0 Å². The summed E-state index contributed by atoms with van der Waals surface area (Å²) in [5, 5.41) is 11.0. The molecule has 0 aliphatic rings. The molecule has 0 spiro atoms. The van der Waals surface area contributed by atoms with Crippen LogP contribution in [0.3, 0.4) is 0 Å². The van der Waals surface area contributed by atoms with Crippen LogP contribution in [0.1, 0.15) is 82.5 Å². The van der Waals surface area contributed by atoms with Crippen LogP contribution in [0.15, 0.2) is 18.3 Å². The van der Waals surface area contributed by atoms with E-state index in [1.54, 1.807) is 25.3 Å². The molecule has 0 aliphatic carbocycles. The van der Waals surface area contributed by atoms with Gasteiger partial charge in [0.05, 0.1) is 25.3 Å². The Morgan fingerprint density at radius 3 is 2.16 bits per heavy atom. The predicted octanol–water partition coefficient (Wildman–Crippen LogP) is 6.58. The van der Waals surface area contributed by atoms with Gasteiger partial charge in [-0.2, -0.15) is 12.6 Å². The minimum Gasteiger partial charge on any atom is -0.506 e. The number of pyridine rings is 1. The Kier molecular flexibility index (Phi) is 14.4. The van der Waals surface area contributed by atoms with Gasteiger partial charge in [0, 0.05) is 17.6 Å². The first kappa shape index (κ1) is 27.9. The predicted molar refractivity (Wildman–Crippen MR) is 134 cm³/mol. The first-order chi connectivity index (χ1) is 15.6. The van der Waals surface area contributed by atoms with Crippen LogP contribution in [0.25, 0.3) is 10.9 Å². The number of ether oxygens (including phenoxy) is 3. The summed E-state index contributed by atoms with van der Waals surface area (Å²) in [7, 11) is 0. The van der Waals surface area contributed by atoms with Crippen molar-refractivity contribution >= 4 is 29.5 Å². The molecule has 32 heavy (non-hydrogen) atoms. The van der Waals surface area contributed by atoms with Crippen molar-refractivity contribution in [1.82, 2.24) is 4.98 Å². The number of nitrogens with zero attached hydrogens (tertiary/aromatic N) is 1. The molecule has 0 bridgehead atoms. The standard InChI is InChI=1S/C24H35NO5.CH4S/c1-4-7-8-9-10-11-12-13-14-30-21-15-18-20(16-22(21)28-5-2)25-17-19(23(18)26)24(27)29-6-3;1-2/h15-17H,4-14H2,1-3H3,(H,25,26);2H,1H3. The van der Waals surface area contributed by atoms with Crippen molar-refractivity contribution in [2.45, 2.75) is 72.1 Å². The molecule has 0 amide bonds. The maximum absolute atomic E-state index is 12.0. The maximum Gasteiger partial charge on any atom is 0.343 e. The van der Waals surface area contributed by atoms with Crippen molar-refractivity contribution < 1.29 is 24.1 Å². The minimum absolute atomic E-state index is 0.0440. The van der Waals surface area contributed by atoms with Gasteiger partial charge in [0.15, 0.2) is 11.5 Å². The largest absolute Gasteiger partial charge is 0.506 e. The van der Waals surface area contributed by atoms with E-state index < -0.39 is 5.97 Å². The number of aromatic nitrogens is 1. The summed E-state index contributed by atoms with van der Waals surface area (Å²) in [6, 6.07) is 3.42. The summed E-state index contributed by atoms with van der Waals surface area (Å²) in [5.74, 6) is 0.379. The molecule has 0 atom stereocenters. The molecule has 7 heteroatoms. The topological polar surface area (TPSA) is 77.9 Å². The second-order valence-corrected chi connectivity index (χ2v) is 7.31. The highest BCUT2D eigenvalue weighted by Gasteiger charge is 2.18. The normalized spacial score (nSPS) is 10.4. The second-order valence-electron chi connectivity index (χ2n) is 7.31. The summed E-state index contributed by atoms with van der Waals surface area (Å²) in [5.41, 5.74) is 0.575. The number of carbonyl (C=O) groups excluding carboxylic acids is 1. The number of thiol groups is 1. The minimum atomic E-state index is -0.598. The monoisotopic (exact) mass is 465 g/mol. The van der Waals surface area contributed by atoms with E-state index in [2.05, 4.69) is 24.5 Å². The third-order valence-corrected chi connectivity index (χ3v) is 4.96. The molecule has 1 aromatic carbocycles. The number of hydrogen-bond acceptors (Lipinski definition) is 7. The molecular formula is C25H39NO5S. The Bertz CT molecular complexity index is 813. The fourth-order valence-electron chi connectivity index (χ4n) is 3.34. The van der Waals surface area contributed by atoms with Gasteiger partial charge in [0.2, 0.25) is 0 Å². The molecule has 0 fully saturated rings. The Morgan fingerprint density at radius 2 is 1.53 bits per heavy atom. The highest BCUT2D eigenvalue weighted by molar-refractivity contribution is 7.79. The summed E-state index contributed by atoms with van der Waals surface area (Å²) in [6.45, 7) is 7.15. The van der Waals surface area contributed by atoms with Crippen molar-refractivity contribution in [2.75, 3.05) is 26.1 Å². The third-order valence-electron chi connectivity index (χ3n) is 4.96. The molecule has 0 saturated carbocycles. The van der Waals surface area contributed by atoms with E-state index in [-0.39, 0.29) is 17.9 Å². The summed E-state index contributed by atoms with van der Waals surface area (Å²) in [4.78, 5) is 16.3. The quantitative estimate of drug-likeness (QED) is 0.186. The molecule has 2 rings (SSSR count). The van der Waals surface area contributed by atoms with E-state index in [9.17, 15) is 9.90 Å². The average Bonchev–Trinajstić information content (AvgIpc) is 2.80. The molecule has 1 aromatic heterocycles. The zero-order valence-corrected chi connectivity index (χ0v) is 20.9. The van der Waals surface area contributed by atoms with Crippen molar-refractivity contribution in [3.63, 3.8) is 0 Å². The molecule has 1 heterocycles. The van der Waals surface area contributed by atoms with Gasteiger partial charge < -0.3 is 19.3 Å². The first-order valence-corrected chi connectivity index (χ1v) is 12.5. The van der Waals surface area contributed by atoms with E-state index >= 15 is 0 Å². The van der Waals surface area contributed by atoms with Crippen LogP contribution < -0.4 is 9.47 Å². The average molecular weight is 466 g/mol. The number of esters is 1. The molecule has 0 radical (unpaired) electrons. The molecule has 6 nitrogen and oxygen atoms in total. The lowest BCUT2D eigenvalue weighted by molar-refractivity contribution is 0.0523. The fourth-order valence-corrected chi connectivity index (χ4v) is 3.34. The van der Waals surface area contributed by atoms with Crippen LogP contribution in [0.2, 0.25) is 0 Å². The van der Waals surface area contributed by atoms with Crippen LogP contribution in [0.4, 0.5) is 0 Å². The third kappa shape index (κ3) is 8.77. The molecule has 1 N–H and O–H groups in total. The van der Waals surface area contributed by atoms with E-state index in [0.717, 1.165) is 12.8 Å². The van der Waals surface area contributed by atoms with Gasteiger partial charge in [-0.1, -0.05) is 51.9 Å². The van der Waals surface area contributed by atoms with E-state index in [1.165, 1.54) is 44.7 Å². The van der Waals surface area contributed by atoms with Gasteiger partial charge >= 0.3 is 5.97 Å². The Hall–Kier alpha value is -2.15. The van der Waals surface area contributed by atoms with Gasteiger partial charge in [-0.05, 0) is 32.6 Å². The van der Waals surface area contributed by atoms with Gasteiger partial charge in [-0.3, -0.25) is 4.98 Å². The van der Waals surface area contributed by atoms with Crippen molar-refractivity contribution in [3.05, 3.63) is 23.9 Å². The van der Waals surface area contributed by atoms with E-state index in [1.807, 2.05) is 6.92 Å². The van der Waals surface area contributed by atoms with E-state index in [0.29, 0.717) is 35.6 Å². The number of benzene rings is 1. The summed E-state index contributed by atoms with van der Waals surface area (Å²) >= 11 is 3.53. The Morgan fingerprint density at radius 1 is 0.906 bits per heavy atom. The second kappa shape index (κ2) is 16.5. The number of carbonyl (C=O) groups is 1. The van der Waals surface area contributed by atoms with Crippen molar-refractivity contribution in [3.8, 4) is 17.2 Å².